The number of amides is 1. The van der Waals surface area contributed by atoms with Crippen molar-refractivity contribution in [2.45, 2.75) is 31.8 Å². The Morgan fingerprint density at radius 3 is 2.71 bits per heavy atom. The number of piperidine rings is 1. The van der Waals surface area contributed by atoms with Gasteiger partial charge in [0, 0.05) is 36.4 Å². The number of likely N-dealkylation sites (tertiary alicyclic amines) is 1. The number of aliphatic hydroxyl groups is 1. The number of rotatable bonds is 5. The van der Waals surface area contributed by atoms with E-state index in [1.54, 1.807) is 0 Å². The Balaban J connectivity index is 1.89. The van der Waals surface area contributed by atoms with E-state index >= 15 is 0 Å². The lowest BCUT2D eigenvalue weighted by molar-refractivity contribution is 0.0945. The van der Waals surface area contributed by atoms with Gasteiger partial charge in [-0.1, -0.05) is 0 Å². The number of carbonyl (C=O) groups excluding carboxylic acids is 1. The average Bonchev–Trinajstić information content (AvgIpc) is 2.49. The predicted molar refractivity (Wildman–Crippen MR) is 84.6 cm³/mol. The maximum atomic E-state index is 11.7. The highest BCUT2D eigenvalue weighted by Gasteiger charge is 2.22. The Morgan fingerprint density at radius 1 is 1.38 bits per heavy atom. The fraction of sp³-hybridized carbons (Fsp3) is 0.562. The first kappa shape index (κ1) is 15.8. The van der Waals surface area contributed by atoms with Crippen molar-refractivity contribution in [1.82, 2.24) is 10.2 Å². The summed E-state index contributed by atoms with van der Waals surface area (Å²) in [5.41, 5.74) is 1.67. The van der Waals surface area contributed by atoms with Crippen molar-refractivity contribution in [3.8, 4) is 0 Å². The van der Waals surface area contributed by atoms with Crippen LogP contribution in [0.2, 0.25) is 0 Å². The van der Waals surface area contributed by atoms with Crippen molar-refractivity contribution in [2.75, 3.05) is 32.1 Å². The highest BCUT2D eigenvalue weighted by molar-refractivity contribution is 5.94. The topological polar surface area (TPSA) is 64.6 Å². The van der Waals surface area contributed by atoms with E-state index in [0.29, 0.717) is 17.6 Å². The number of nitrogens with one attached hydrogen (secondary N) is 2. The molecule has 1 aromatic carbocycles. The number of benzene rings is 1. The zero-order chi connectivity index (χ0) is 15.2. The second-order valence-electron chi connectivity index (χ2n) is 5.75. The van der Waals surface area contributed by atoms with Crippen LogP contribution in [-0.2, 0) is 0 Å². The standard InChI is InChI=1S/C16H25N3O2/c1-12-11-15(7-9-19(12)2)18-14-5-3-13(4-6-14)16(21)17-8-10-20/h3-6,12,15,18,20H,7-11H2,1-2H3,(H,17,21). The van der Waals surface area contributed by atoms with Gasteiger partial charge in [0.2, 0.25) is 0 Å². The minimum absolute atomic E-state index is 0.0420. The monoisotopic (exact) mass is 291 g/mol. The van der Waals surface area contributed by atoms with Gasteiger partial charge in [-0.2, -0.15) is 0 Å². The van der Waals surface area contributed by atoms with Crippen molar-refractivity contribution in [2.24, 2.45) is 0 Å². The quantitative estimate of drug-likeness (QED) is 0.765. The lowest BCUT2D eigenvalue weighted by atomic mass is 9.98. The molecule has 0 aromatic heterocycles. The first-order chi connectivity index (χ1) is 10.1. The van der Waals surface area contributed by atoms with Crippen LogP contribution in [0.1, 0.15) is 30.1 Å². The molecule has 2 atom stereocenters. The van der Waals surface area contributed by atoms with Gasteiger partial charge in [0.05, 0.1) is 6.61 Å². The van der Waals surface area contributed by atoms with Gasteiger partial charge in [-0.3, -0.25) is 4.79 Å². The Bertz CT molecular complexity index is 461. The van der Waals surface area contributed by atoms with Crippen LogP contribution < -0.4 is 10.6 Å². The number of hydrogen-bond donors (Lipinski definition) is 3. The Kier molecular flexibility index (Phi) is 5.59. The molecule has 2 unspecified atom stereocenters. The molecule has 2 rings (SSSR count). The molecule has 1 aliphatic heterocycles. The normalized spacial score (nSPS) is 22.8. The van der Waals surface area contributed by atoms with E-state index in [1.165, 1.54) is 0 Å². The molecule has 0 saturated carbocycles. The summed E-state index contributed by atoms with van der Waals surface area (Å²) in [6, 6.07) is 8.60. The summed E-state index contributed by atoms with van der Waals surface area (Å²) in [4.78, 5) is 14.1. The van der Waals surface area contributed by atoms with E-state index < -0.39 is 0 Å². The third-order valence-corrected chi connectivity index (χ3v) is 4.12. The van der Waals surface area contributed by atoms with Gasteiger partial charge in [-0.05, 0) is 51.1 Å². The van der Waals surface area contributed by atoms with Crippen LogP contribution >= 0.6 is 0 Å². The second kappa shape index (κ2) is 7.43. The van der Waals surface area contributed by atoms with Crippen molar-refractivity contribution in [1.29, 1.82) is 0 Å². The number of hydrogen-bond acceptors (Lipinski definition) is 4. The van der Waals surface area contributed by atoms with Gasteiger partial charge in [0.1, 0.15) is 0 Å². The Hall–Kier alpha value is -1.59. The molecular formula is C16H25N3O2. The van der Waals surface area contributed by atoms with E-state index in [0.717, 1.165) is 25.1 Å². The number of carbonyl (C=O) groups is 1. The van der Waals surface area contributed by atoms with Crippen molar-refractivity contribution in [3.05, 3.63) is 29.8 Å². The molecular weight excluding hydrogens is 266 g/mol. The molecule has 1 heterocycles. The van der Waals surface area contributed by atoms with E-state index in [4.69, 9.17) is 5.11 Å². The second-order valence-corrected chi connectivity index (χ2v) is 5.75. The van der Waals surface area contributed by atoms with Gasteiger partial charge in [-0.25, -0.2) is 0 Å². The van der Waals surface area contributed by atoms with Gasteiger partial charge in [0.15, 0.2) is 0 Å². The van der Waals surface area contributed by atoms with Gasteiger partial charge in [-0.15, -0.1) is 0 Å². The highest BCUT2D eigenvalue weighted by atomic mass is 16.3. The van der Waals surface area contributed by atoms with Gasteiger partial charge < -0.3 is 20.6 Å². The van der Waals surface area contributed by atoms with Crippen LogP contribution in [0.25, 0.3) is 0 Å². The van der Waals surface area contributed by atoms with Crippen molar-refractivity contribution < 1.29 is 9.90 Å². The molecule has 1 aromatic rings. The fourth-order valence-corrected chi connectivity index (χ4v) is 2.65. The molecule has 1 aliphatic rings. The summed E-state index contributed by atoms with van der Waals surface area (Å²) >= 11 is 0. The van der Waals surface area contributed by atoms with Crippen LogP contribution in [0.15, 0.2) is 24.3 Å². The third kappa shape index (κ3) is 4.44. The minimum Gasteiger partial charge on any atom is -0.395 e. The maximum Gasteiger partial charge on any atom is 0.251 e. The zero-order valence-electron chi connectivity index (χ0n) is 12.8. The molecule has 0 radical (unpaired) electrons. The molecule has 5 nitrogen and oxygen atoms in total. The summed E-state index contributed by atoms with van der Waals surface area (Å²) in [6.07, 6.45) is 2.27. The average molecular weight is 291 g/mol. The van der Waals surface area contributed by atoms with Gasteiger partial charge in [0.25, 0.3) is 5.91 Å². The molecule has 0 bridgehead atoms. The van der Waals surface area contributed by atoms with Crippen LogP contribution in [0.3, 0.4) is 0 Å². The summed E-state index contributed by atoms with van der Waals surface area (Å²) in [6.45, 7) is 3.61. The van der Waals surface area contributed by atoms with Crippen LogP contribution in [0.4, 0.5) is 5.69 Å². The summed E-state index contributed by atoms with van der Waals surface area (Å²) in [7, 11) is 2.17. The first-order valence-electron chi connectivity index (χ1n) is 7.56. The summed E-state index contributed by atoms with van der Waals surface area (Å²) < 4.78 is 0. The molecule has 116 valence electrons. The largest absolute Gasteiger partial charge is 0.395 e. The maximum absolute atomic E-state index is 11.7. The van der Waals surface area contributed by atoms with E-state index in [1.807, 2.05) is 24.3 Å². The molecule has 5 heteroatoms. The fourth-order valence-electron chi connectivity index (χ4n) is 2.65. The third-order valence-electron chi connectivity index (χ3n) is 4.12. The molecule has 3 N–H and O–H groups in total. The first-order valence-corrected chi connectivity index (χ1v) is 7.56. The summed E-state index contributed by atoms with van der Waals surface area (Å²) in [5, 5.41) is 14.9. The van der Waals surface area contributed by atoms with E-state index in [-0.39, 0.29) is 19.1 Å². The van der Waals surface area contributed by atoms with Crippen molar-refractivity contribution >= 4 is 11.6 Å². The number of nitrogens with zero attached hydrogens (tertiary/aromatic N) is 1. The Labute approximate surface area is 126 Å². The summed E-state index contributed by atoms with van der Waals surface area (Å²) in [5.74, 6) is -0.150. The van der Waals surface area contributed by atoms with Crippen LogP contribution in [0.5, 0.6) is 0 Å². The van der Waals surface area contributed by atoms with Crippen LogP contribution in [-0.4, -0.2) is 54.7 Å². The minimum atomic E-state index is -0.150. The van der Waals surface area contributed by atoms with E-state index in [2.05, 4.69) is 29.5 Å². The lowest BCUT2D eigenvalue weighted by Gasteiger charge is -2.35. The molecule has 0 aliphatic carbocycles. The van der Waals surface area contributed by atoms with Crippen LogP contribution in [0, 0.1) is 0 Å². The molecule has 1 saturated heterocycles. The lowest BCUT2D eigenvalue weighted by Crippen LogP contribution is -2.42. The zero-order valence-corrected chi connectivity index (χ0v) is 12.8. The SMILES string of the molecule is CC1CC(Nc2ccc(C(=O)NCCO)cc2)CCN1C. The molecule has 21 heavy (non-hydrogen) atoms. The number of anilines is 1. The van der Waals surface area contributed by atoms with Crippen molar-refractivity contribution in [3.63, 3.8) is 0 Å². The van der Waals surface area contributed by atoms with Gasteiger partial charge >= 0.3 is 0 Å². The van der Waals surface area contributed by atoms with E-state index in [9.17, 15) is 4.79 Å². The molecule has 1 amide bonds. The molecule has 1 fully saturated rings. The molecule has 0 spiro atoms. The Morgan fingerprint density at radius 2 is 2.10 bits per heavy atom. The number of aliphatic hydroxyl groups excluding tert-OH is 1. The smallest absolute Gasteiger partial charge is 0.251 e. The predicted octanol–water partition coefficient (Wildman–Crippen LogP) is 1.30. The highest BCUT2D eigenvalue weighted by Crippen LogP contribution is 2.20.